The number of carbonyl (C=O) groups is 1. The van der Waals surface area contributed by atoms with Gasteiger partial charge in [0, 0.05) is 18.2 Å². The molecule has 0 aliphatic carbocycles. The zero-order chi connectivity index (χ0) is 16.9. The Morgan fingerprint density at radius 1 is 1.21 bits per heavy atom. The first-order valence-corrected chi connectivity index (χ1v) is 8.34. The summed E-state index contributed by atoms with van der Waals surface area (Å²) in [6.45, 7) is 3.18. The normalized spacial score (nSPS) is 17.6. The van der Waals surface area contributed by atoms with Crippen molar-refractivity contribution in [2.45, 2.75) is 38.6 Å². The van der Waals surface area contributed by atoms with Gasteiger partial charge in [-0.25, -0.2) is 4.39 Å². The molecule has 1 amide bonds. The average Bonchev–Trinajstić information content (AvgIpc) is 2.63. The summed E-state index contributed by atoms with van der Waals surface area (Å²) >= 11 is 0. The summed E-state index contributed by atoms with van der Waals surface area (Å²) in [6, 6.07) is 9.54. The van der Waals surface area contributed by atoms with E-state index < -0.39 is 0 Å². The highest BCUT2D eigenvalue weighted by molar-refractivity contribution is 6.03. The largest absolute Gasteiger partial charge is 0.352 e. The Bertz CT molecular complexity index is 687. The van der Waals surface area contributed by atoms with E-state index in [1.807, 2.05) is 6.07 Å². The summed E-state index contributed by atoms with van der Waals surface area (Å²) in [4.78, 5) is 14.4. The van der Waals surface area contributed by atoms with Crippen LogP contribution in [0, 0.1) is 5.82 Å². The molecule has 2 aromatic rings. The monoisotopic (exact) mass is 328 g/mol. The lowest BCUT2D eigenvalue weighted by Crippen LogP contribution is -2.39. The number of nitrogens with zero attached hydrogens (tertiary/aromatic N) is 3. The number of halogens is 1. The van der Waals surface area contributed by atoms with Crippen molar-refractivity contribution >= 4 is 17.5 Å². The van der Waals surface area contributed by atoms with E-state index in [1.54, 1.807) is 6.07 Å². The zero-order valence-electron chi connectivity index (χ0n) is 13.7. The molecule has 1 unspecified atom stereocenters. The average molecular weight is 328 g/mol. The SMILES string of the molecule is CCC1CCCCN1c1ccc(NC(=O)c2ccc(F)cc2)nn1. The highest BCUT2D eigenvalue weighted by Crippen LogP contribution is 2.24. The van der Waals surface area contributed by atoms with Crippen molar-refractivity contribution in [1.82, 2.24) is 10.2 Å². The van der Waals surface area contributed by atoms with E-state index in [1.165, 1.54) is 43.5 Å². The van der Waals surface area contributed by atoms with Crippen LogP contribution >= 0.6 is 0 Å². The predicted octanol–water partition coefficient (Wildman–Crippen LogP) is 3.64. The van der Waals surface area contributed by atoms with Crippen LogP contribution in [0.25, 0.3) is 0 Å². The molecule has 1 aromatic carbocycles. The topological polar surface area (TPSA) is 58.1 Å². The van der Waals surface area contributed by atoms with Gasteiger partial charge in [0.1, 0.15) is 5.82 Å². The summed E-state index contributed by atoms with van der Waals surface area (Å²) < 4.78 is 12.9. The Hall–Kier alpha value is -2.50. The molecule has 0 bridgehead atoms. The van der Waals surface area contributed by atoms with Gasteiger partial charge in [0.25, 0.3) is 5.91 Å². The molecule has 1 N–H and O–H groups in total. The number of amides is 1. The molecule has 0 saturated carbocycles. The third-order valence-electron chi connectivity index (χ3n) is 4.39. The second-order valence-electron chi connectivity index (χ2n) is 5.99. The van der Waals surface area contributed by atoms with Gasteiger partial charge in [-0.1, -0.05) is 6.92 Å². The Morgan fingerprint density at radius 3 is 2.67 bits per heavy atom. The minimum Gasteiger partial charge on any atom is -0.352 e. The smallest absolute Gasteiger partial charge is 0.256 e. The van der Waals surface area contributed by atoms with Crippen LogP contribution < -0.4 is 10.2 Å². The molecule has 6 heteroatoms. The van der Waals surface area contributed by atoms with E-state index in [0.717, 1.165) is 18.8 Å². The highest BCUT2D eigenvalue weighted by Gasteiger charge is 2.22. The van der Waals surface area contributed by atoms with Crippen molar-refractivity contribution in [1.29, 1.82) is 0 Å². The van der Waals surface area contributed by atoms with Crippen molar-refractivity contribution in [3.05, 3.63) is 47.8 Å². The van der Waals surface area contributed by atoms with E-state index in [0.29, 0.717) is 17.4 Å². The van der Waals surface area contributed by atoms with Crippen LogP contribution in [0.15, 0.2) is 36.4 Å². The fourth-order valence-electron chi connectivity index (χ4n) is 3.06. The summed E-state index contributed by atoms with van der Waals surface area (Å²) in [6.07, 6.45) is 4.70. The molecule has 2 heterocycles. The maximum Gasteiger partial charge on any atom is 0.256 e. The molecule has 3 rings (SSSR count). The molecule has 1 aliphatic rings. The van der Waals surface area contributed by atoms with Crippen molar-refractivity contribution in [3.63, 3.8) is 0 Å². The van der Waals surface area contributed by atoms with Crippen LogP contribution in [0.3, 0.4) is 0 Å². The number of hydrogen-bond acceptors (Lipinski definition) is 4. The number of rotatable bonds is 4. The molecule has 1 aromatic heterocycles. The van der Waals surface area contributed by atoms with Crippen LogP contribution in [0.2, 0.25) is 0 Å². The predicted molar refractivity (Wildman–Crippen MR) is 91.7 cm³/mol. The first-order valence-electron chi connectivity index (χ1n) is 8.34. The van der Waals surface area contributed by atoms with E-state index in [4.69, 9.17) is 0 Å². The molecule has 0 radical (unpaired) electrons. The van der Waals surface area contributed by atoms with E-state index >= 15 is 0 Å². The lowest BCUT2D eigenvalue weighted by atomic mass is 10.0. The number of anilines is 2. The van der Waals surface area contributed by atoms with Gasteiger partial charge in [-0.2, -0.15) is 0 Å². The van der Waals surface area contributed by atoms with Gasteiger partial charge in [0.15, 0.2) is 11.6 Å². The van der Waals surface area contributed by atoms with E-state index in [-0.39, 0.29) is 11.7 Å². The Kier molecular flexibility index (Phi) is 5.03. The Balaban J connectivity index is 1.68. The standard InChI is InChI=1S/C18H21FN4O/c1-2-15-5-3-4-12-23(15)17-11-10-16(21-22-17)20-18(24)13-6-8-14(19)9-7-13/h6-11,15H,2-5,12H2,1H3,(H,20,21,24). The first-order chi connectivity index (χ1) is 11.7. The fourth-order valence-corrected chi connectivity index (χ4v) is 3.06. The minimum atomic E-state index is -0.372. The minimum absolute atomic E-state index is 0.332. The molecule has 1 atom stereocenters. The maximum atomic E-state index is 12.9. The van der Waals surface area contributed by atoms with Crippen molar-refractivity contribution in [2.24, 2.45) is 0 Å². The van der Waals surface area contributed by atoms with Gasteiger partial charge in [-0.15, -0.1) is 10.2 Å². The zero-order valence-corrected chi connectivity index (χ0v) is 13.7. The van der Waals surface area contributed by atoms with Crippen LogP contribution in [-0.4, -0.2) is 28.7 Å². The first kappa shape index (κ1) is 16.4. The Morgan fingerprint density at radius 2 is 2.00 bits per heavy atom. The third kappa shape index (κ3) is 3.69. The summed E-state index contributed by atoms with van der Waals surface area (Å²) in [5.74, 6) is 0.531. The van der Waals surface area contributed by atoms with Crippen LogP contribution in [0.1, 0.15) is 43.0 Å². The molecular formula is C18H21FN4O. The van der Waals surface area contributed by atoms with Crippen molar-refractivity contribution in [2.75, 3.05) is 16.8 Å². The summed E-state index contributed by atoms with van der Waals surface area (Å²) in [7, 11) is 0. The van der Waals surface area contributed by atoms with Crippen LogP contribution in [0.5, 0.6) is 0 Å². The molecular weight excluding hydrogens is 307 g/mol. The van der Waals surface area contributed by atoms with Crippen LogP contribution in [-0.2, 0) is 0 Å². The van der Waals surface area contributed by atoms with E-state index in [9.17, 15) is 9.18 Å². The molecule has 1 aliphatic heterocycles. The molecule has 5 nitrogen and oxygen atoms in total. The number of piperidine rings is 1. The van der Waals surface area contributed by atoms with Crippen LogP contribution in [0.4, 0.5) is 16.0 Å². The number of nitrogens with one attached hydrogen (secondary N) is 1. The van der Waals surface area contributed by atoms with Gasteiger partial charge >= 0.3 is 0 Å². The van der Waals surface area contributed by atoms with E-state index in [2.05, 4.69) is 27.3 Å². The van der Waals surface area contributed by atoms with Crippen molar-refractivity contribution < 1.29 is 9.18 Å². The number of carbonyl (C=O) groups excluding carboxylic acids is 1. The third-order valence-corrected chi connectivity index (χ3v) is 4.39. The highest BCUT2D eigenvalue weighted by atomic mass is 19.1. The number of hydrogen-bond donors (Lipinski definition) is 1. The second-order valence-corrected chi connectivity index (χ2v) is 5.99. The van der Waals surface area contributed by atoms with Gasteiger partial charge in [0.05, 0.1) is 0 Å². The van der Waals surface area contributed by atoms with Gasteiger partial charge in [0.2, 0.25) is 0 Å². The van der Waals surface area contributed by atoms with Gasteiger partial charge in [-0.3, -0.25) is 4.79 Å². The molecule has 24 heavy (non-hydrogen) atoms. The van der Waals surface area contributed by atoms with Gasteiger partial charge < -0.3 is 10.2 Å². The molecule has 1 saturated heterocycles. The quantitative estimate of drug-likeness (QED) is 0.931. The number of aromatic nitrogens is 2. The second kappa shape index (κ2) is 7.38. The molecule has 126 valence electrons. The summed E-state index contributed by atoms with van der Waals surface area (Å²) in [5, 5.41) is 11.1. The van der Waals surface area contributed by atoms with Crippen molar-refractivity contribution in [3.8, 4) is 0 Å². The summed E-state index contributed by atoms with van der Waals surface area (Å²) in [5.41, 5.74) is 0.379. The molecule has 0 spiro atoms. The van der Waals surface area contributed by atoms with Gasteiger partial charge in [-0.05, 0) is 62.1 Å². The lowest BCUT2D eigenvalue weighted by molar-refractivity contribution is 0.102. The molecule has 1 fully saturated rings. The number of benzene rings is 1. The fraction of sp³-hybridized carbons (Fsp3) is 0.389. The Labute approximate surface area is 140 Å². The lowest BCUT2D eigenvalue weighted by Gasteiger charge is -2.35. The maximum absolute atomic E-state index is 12.9.